The minimum absolute atomic E-state index is 0.110. The fourth-order valence-electron chi connectivity index (χ4n) is 1.55. The lowest BCUT2D eigenvalue weighted by molar-refractivity contribution is 0.580. The zero-order chi connectivity index (χ0) is 14.6. The van der Waals surface area contributed by atoms with Gasteiger partial charge < -0.3 is 0 Å². The second-order valence-corrected chi connectivity index (χ2v) is 6.08. The Morgan fingerprint density at radius 3 is 2.60 bits per heavy atom. The van der Waals surface area contributed by atoms with Gasteiger partial charge in [-0.25, -0.2) is 18.1 Å². The van der Waals surface area contributed by atoms with Crippen LogP contribution in [0.3, 0.4) is 0 Å². The number of sulfonamides is 1. The predicted octanol–water partition coefficient (Wildman–Crippen LogP) is 2.09. The molecule has 0 fully saturated rings. The lowest BCUT2D eigenvalue weighted by atomic mass is 10.2. The van der Waals surface area contributed by atoms with Crippen molar-refractivity contribution >= 4 is 21.6 Å². The Hall–Kier alpha value is -1.94. The summed E-state index contributed by atoms with van der Waals surface area (Å²) in [7, 11) is -3.78. The van der Waals surface area contributed by atoms with E-state index in [1.807, 2.05) is 0 Å². The van der Waals surface area contributed by atoms with E-state index in [1.165, 1.54) is 18.3 Å². The van der Waals surface area contributed by atoms with E-state index in [0.717, 1.165) is 5.56 Å². The summed E-state index contributed by atoms with van der Waals surface area (Å²) >= 11 is 5.75. The molecule has 1 heterocycles. The first kappa shape index (κ1) is 14.5. The SMILES string of the molecule is N#Cc1ncccc1S(=O)(=O)NCc1ccc(Cl)cc1. The van der Waals surface area contributed by atoms with Crippen LogP contribution in [0.5, 0.6) is 0 Å². The largest absolute Gasteiger partial charge is 0.244 e. The van der Waals surface area contributed by atoms with E-state index in [1.54, 1.807) is 30.3 Å². The monoisotopic (exact) mass is 307 g/mol. The van der Waals surface area contributed by atoms with Gasteiger partial charge in [0, 0.05) is 17.8 Å². The van der Waals surface area contributed by atoms with Crippen LogP contribution >= 0.6 is 11.6 Å². The van der Waals surface area contributed by atoms with Crippen LogP contribution in [0.15, 0.2) is 47.5 Å². The Labute approximate surface area is 121 Å². The number of pyridine rings is 1. The highest BCUT2D eigenvalue weighted by Crippen LogP contribution is 2.13. The van der Waals surface area contributed by atoms with Gasteiger partial charge in [0.1, 0.15) is 11.0 Å². The lowest BCUT2D eigenvalue weighted by Gasteiger charge is -2.07. The number of nitrogens with one attached hydrogen (secondary N) is 1. The molecule has 0 aliphatic rings. The van der Waals surface area contributed by atoms with Gasteiger partial charge in [-0.2, -0.15) is 5.26 Å². The molecule has 0 atom stereocenters. The molecular formula is C13H10ClN3O2S. The molecule has 0 saturated heterocycles. The van der Waals surface area contributed by atoms with Crippen LogP contribution in [0.25, 0.3) is 0 Å². The summed E-state index contributed by atoms with van der Waals surface area (Å²) in [5.41, 5.74) is 0.636. The summed E-state index contributed by atoms with van der Waals surface area (Å²) in [4.78, 5) is 3.60. The maximum absolute atomic E-state index is 12.1. The molecule has 5 nitrogen and oxygen atoms in total. The summed E-state index contributed by atoms with van der Waals surface area (Å²) < 4.78 is 26.7. The topological polar surface area (TPSA) is 82.8 Å². The number of halogens is 1. The van der Waals surface area contributed by atoms with Crippen molar-refractivity contribution in [3.8, 4) is 6.07 Å². The van der Waals surface area contributed by atoms with Gasteiger partial charge in [0.15, 0.2) is 5.69 Å². The van der Waals surface area contributed by atoms with Gasteiger partial charge in [-0.3, -0.25) is 0 Å². The molecule has 102 valence electrons. The molecular weight excluding hydrogens is 298 g/mol. The molecule has 0 aliphatic carbocycles. The summed E-state index contributed by atoms with van der Waals surface area (Å²) in [5, 5.41) is 9.46. The number of nitrogens with zero attached hydrogens (tertiary/aromatic N) is 2. The van der Waals surface area contributed by atoms with Crippen molar-refractivity contribution in [3.05, 3.63) is 58.9 Å². The number of nitriles is 1. The molecule has 7 heteroatoms. The van der Waals surface area contributed by atoms with Gasteiger partial charge in [0.05, 0.1) is 0 Å². The van der Waals surface area contributed by atoms with Gasteiger partial charge in [-0.05, 0) is 29.8 Å². The first-order valence-corrected chi connectivity index (χ1v) is 7.48. The van der Waals surface area contributed by atoms with Crippen LogP contribution in [-0.4, -0.2) is 13.4 Å². The summed E-state index contributed by atoms with van der Waals surface area (Å²) in [6.45, 7) is 0.110. The van der Waals surface area contributed by atoms with E-state index in [0.29, 0.717) is 5.02 Å². The number of benzene rings is 1. The summed E-state index contributed by atoms with van der Waals surface area (Å²) in [6.07, 6.45) is 1.37. The Bertz CT molecular complexity index is 752. The van der Waals surface area contributed by atoms with Crippen molar-refractivity contribution < 1.29 is 8.42 Å². The minimum atomic E-state index is -3.78. The lowest BCUT2D eigenvalue weighted by Crippen LogP contribution is -2.24. The molecule has 2 rings (SSSR count). The summed E-state index contributed by atoms with van der Waals surface area (Å²) in [5.74, 6) is 0. The molecule has 1 aromatic carbocycles. The first-order valence-electron chi connectivity index (χ1n) is 5.62. The van der Waals surface area contributed by atoms with Crippen molar-refractivity contribution in [2.24, 2.45) is 0 Å². The van der Waals surface area contributed by atoms with Gasteiger partial charge in [0.2, 0.25) is 10.0 Å². The Morgan fingerprint density at radius 2 is 1.95 bits per heavy atom. The van der Waals surface area contributed by atoms with Crippen LogP contribution in [0.4, 0.5) is 0 Å². The summed E-state index contributed by atoms with van der Waals surface area (Å²) in [6, 6.07) is 11.4. The van der Waals surface area contributed by atoms with E-state index in [4.69, 9.17) is 16.9 Å². The third kappa shape index (κ3) is 3.33. The van der Waals surface area contributed by atoms with Crippen molar-refractivity contribution in [2.75, 3.05) is 0 Å². The van der Waals surface area contributed by atoms with E-state index in [2.05, 4.69) is 9.71 Å². The minimum Gasteiger partial charge on any atom is -0.244 e. The molecule has 20 heavy (non-hydrogen) atoms. The van der Waals surface area contributed by atoms with E-state index in [-0.39, 0.29) is 17.1 Å². The molecule has 1 aromatic heterocycles. The molecule has 1 N–H and O–H groups in total. The van der Waals surface area contributed by atoms with Crippen LogP contribution in [0.1, 0.15) is 11.3 Å². The number of rotatable bonds is 4. The third-order valence-corrected chi connectivity index (χ3v) is 4.23. The number of aromatic nitrogens is 1. The van der Waals surface area contributed by atoms with Gasteiger partial charge in [-0.15, -0.1) is 0 Å². The normalized spacial score (nSPS) is 11.0. The highest BCUT2D eigenvalue weighted by molar-refractivity contribution is 7.89. The molecule has 0 aliphatic heterocycles. The van der Waals surface area contributed by atoms with Crippen LogP contribution in [-0.2, 0) is 16.6 Å². The third-order valence-electron chi connectivity index (χ3n) is 2.55. The molecule has 2 aromatic rings. The van der Waals surface area contributed by atoms with Crippen molar-refractivity contribution in [3.63, 3.8) is 0 Å². The molecule has 0 bridgehead atoms. The Balaban J connectivity index is 2.20. The second-order valence-electron chi connectivity index (χ2n) is 3.91. The van der Waals surface area contributed by atoms with Crippen LogP contribution in [0.2, 0.25) is 5.02 Å². The molecule has 0 radical (unpaired) electrons. The predicted molar refractivity (Wildman–Crippen MR) is 74.4 cm³/mol. The van der Waals surface area contributed by atoms with Gasteiger partial charge in [0.25, 0.3) is 0 Å². The molecule has 0 amide bonds. The fourth-order valence-corrected chi connectivity index (χ4v) is 2.80. The van der Waals surface area contributed by atoms with Gasteiger partial charge in [-0.1, -0.05) is 23.7 Å². The number of hydrogen-bond donors (Lipinski definition) is 1. The standard InChI is InChI=1S/C13H10ClN3O2S/c14-11-5-3-10(4-6-11)9-17-20(18,19)13-2-1-7-16-12(13)8-15/h1-7,17H,9H2. The van der Waals surface area contributed by atoms with Crippen molar-refractivity contribution in [1.29, 1.82) is 5.26 Å². The fraction of sp³-hybridized carbons (Fsp3) is 0.0769. The second kappa shape index (κ2) is 6.01. The molecule has 0 unspecified atom stereocenters. The van der Waals surface area contributed by atoms with Crippen LogP contribution < -0.4 is 4.72 Å². The highest BCUT2D eigenvalue weighted by Gasteiger charge is 2.18. The number of hydrogen-bond acceptors (Lipinski definition) is 4. The maximum Gasteiger partial charge on any atom is 0.243 e. The molecule has 0 spiro atoms. The van der Waals surface area contributed by atoms with Gasteiger partial charge >= 0.3 is 0 Å². The zero-order valence-corrected chi connectivity index (χ0v) is 11.8. The highest BCUT2D eigenvalue weighted by atomic mass is 35.5. The van der Waals surface area contributed by atoms with Crippen molar-refractivity contribution in [2.45, 2.75) is 11.4 Å². The van der Waals surface area contributed by atoms with E-state index in [9.17, 15) is 8.42 Å². The Morgan fingerprint density at radius 1 is 1.25 bits per heavy atom. The van der Waals surface area contributed by atoms with Crippen molar-refractivity contribution in [1.82, 2.24) is 9.71 Å². The quantitative estimate of drug-likeness (QED) is 0.937. The van der Waals surface area contributed by atoms with Crippen LogP contribution in [0, 0.1) is 11.3 Å². The average molecular weight is 308 g/mol. The smallest absolute Gasteiger partial charge is 0.243 e. The van der Waals surface area contributed by atoms with E-state index >= 15 is 0 Å². The molecule has 0 saturated carbocycles. The zero-order valence-electron chi connectivity index (χ0n) is 10.2. The maximum atomic E-state index is 12.1. The Kier molecular flexibility index (Phi) is 4.35. The first-order chi connectivity index (χ1) is 9.53. The average Bonchev–Trinajstić information content (AvgIpc) is 2.46. The van der Waals surface area contributed by atoms with E-state index < -0.39 is 10.0 Å².